The van der Waals surface area contributed by atoms with Crippen LogP contribution in [0.4, 0.5) is 10.1 Å². The molecule has 1 amide bonds. The van der Waals surface area contributed by atoms with Crippen molar-refractivity contribution in [2.45, 2.75) is 5.03 Å². The number of halogens is 1. The average molecular weight is 397 g/mol. The fourth-order valence-electron chi connectivity index (χ4n) is 2.54. The summed E-state index contributed by atoms with van der Waals surface area (Å²) in [5.41, 5.74) is 1.48. The number of hydrogen-bond acceptors (Lipinski definition) is 6. The minimum atomic E-state index is -0.376. The Morgan fingerprint density at radius 2 is 1.86 bits per heavy atom. The molecule has 0 aliphatic carbocycles. The number of carbonyl (C=O) groups is 1. The number of rotatable bonds is 6. The Morgan fingerprint density at radius 3 is 2.50 bits per heavy atom. The van der Waals surface area contributed by atoms with Crippen molar-refractivity contribution >= 4 is 34.3 Å². The topological polar surface area (TPSA) is 84.2 Å². The van der Waals surface area contributed by atoms with Crippen LogP contribution in [0.25, 0.3) is 10.9 Å². The van der Waals surface area contributed by atoms with Crippen LogP contribution in [0.15, 0.2) is 47.5 Å². The van der Waals surface area contributed by atoms with Gasteiger partial charge in [0, 0.05) is 17.1 Å². The first-order valence-corrected chi connectivity index (χ1v) is 9.17. The third-order valence-electron chi connectivity index (χ3n) is 3.87. The van der Waals surface area contributed by atoms with Gasteiger partial charge in [-0.1, -0.05) is 11.8 Å². The molecule has 0 radical (unpaired) electrons. The number of carbonyl (C=O) groups excluding carboxylic acids is 1. The number of hydrogen-bond donors (Lipinski definition) is 1. The second-order valence-corrected chi connectivity index (χ2v) is 6.66. The van der Waals surface area contributed by atoms with Crippen molar-refractivity contribution < 1.29 is 18.7 Å². The molecule has 0 atom stereocenters. The van der Waals surface area contributed by atoms with Gasteiger partial charge in [-0.15, -0.1) is 0 Å². The first-order valence-electron chi connectivity index (χ1n) is 8.19. The van der Waals surface area contributed by atoms with Gasteiger partial charge in [0.05, 0.1) is 31.1 Å². The maximum Gasteiger partial charge on any atom is 0.234 e. The first kappa shape index (κ1) is 19.5. The molecule has 0 saturated heterocycles. The van der Waals surface area contributed by atoms with E-state index in [1.807, 2.05) is 0 Å². The molecule has 3 rings (SSSR count). The van der Waals surface area contributed by atoms with Crippen molar-refractivity contribution in [1.82, 2.24) is 4.98 Å². The summed E-state index contributed by atoms with van der Waals surface area (Å²) in [6.45, 7) is 0. The molecule has 2 aromatic carbocycles. The summed E-state index contributed by atoms with van der Waals surface area (Å²) in [5.74, 6) is 0.461. The monoisotopic (exact) mass is 397 g/mol. The molecule has 1 heterocycles. The maximum atomic E-state index is 12.9. The number of nitriles is 1. The molecule has 1 N–H and O–H groups in total. The smallest absolute Gasteiger partial charge is 0.234 e. The number of nitrogens with one attached hydrogen (secondary N) is 1. The highest BCUT2D eigenvalue weighted by atomic mass is 32.2. The van der Waals surface area contributed by atoms with E-state index in [9.17, 15) is 14.4 Å². The van der Waals surface area contributed by atoms with E-state index in [4.69, 9.17) is 9.47 Å². The number of aromatic nitrogens is 1. The van der Waals surface area contributed by atoms with Crippen LogP contribution in [-0.2, 0) is 4.79 Å². The molecule has 8 heteroatoms. The number of fused-ring (bicyclic) bond motifs is 1. The highest BCUT2D eigenvalue weighted by molar-refractivity contribution is 8.00. The van der Waals surface area contributed by atoms with Crippen molar-refractivity contribution in [3.63, 3.8) is 0 Å². The number of methoxy groups -OCH3 is 2. The van der Waals surface area contributed by atoms with Crippen LogP contribution in [0.2, 0.25) is 0 Å². The van der Waals surface area contributed by atoms with Crippen LogP contribution >= 0.6 is 11.8 Å². The minimum Gasteiger partial charge on any atom is -0.493 e. The summed E-state index contributed by atoms with van der Waals surface area (Å²) in [6, 6.07) is 12.8. The molecule has 0 aliphatic rings. The normalized spacial score (nSPS) is 10.4. The Bertz CT molecular complexity index is 1060. The summed E-state index contributed by atoms with van der Waals surface area (Å²) in [5, 5.41) is 13.3. The third-order valence-corrected chi connectivity index (χ3v) is 4.86. The van der Waals surface area contributed by atoms with E-state index < -0.39 is 0 Å². The fourth-order valence-corrected chi connectivity index (χ4v) is 3.30. The lowest BCUT2D eigenvalue weighted by Crippen LogP contribution is -2.14. The molecule has 0 aliphatic heterocycles. The number of pyridine rings is 1. The lowest BCUT2D eigenvalue weighted by Gasteiger charge is -2.11. The quantitative estimate of drug-likeness (QED) is 0.633. The van der Waals surface area contributed by atoms with Crippen LogP contribution in [0.1, 0.15) is 5.56 Å². The van der Waals surface area contributed by atoms with Gasteiger partial charge in [0.1, 0.15) is 16.9 Å². The second kappa shape index (κ2) is 8.59. The van der Waals surface area contributed by atoms with Gasteiger partial charge < -0.3 is 14.8 Å². The molecule has 0 unspecified atom stereocenters. The summed E-state index contributed by atoms with van der Waals surface area (Å²) >= 11 is 1.15. The molecule has 1 aromatic heterocycles. The van der Waals surface area contributed by atoms with E-state index >= 15 is 0 Å². The van der Waals surface area contributed by atoms with Crippen LogP contribution in [0, 0.1) is 17.1 Å². The summed E-state index contributed by atoms with van der Waals surface area (Å²) in [7, 11) is 3.06. The number of amides is 1. The van der Waals surface area contributed by atoms with Crippen LogP contribution in [-0.4, -0.2) is 30.9 Å². The Morgan fingerprint density at radius 1 is 1.18 bits per heavy atom. The molecule has 0 saturated carbocycles. The summed E-state index contributed by atoms with van der Waals surface area (Å²) < 4.78 is 23.5. The van der Waals surface area contributed by atoms with Gasteiger partial charge in [0.2, 0.25) is 5.91 Å². The standard InChI is InChI=1S/C20H16FN3O3S/c1-26-17-8-12-7-13(10-22)20(24-16(12)9-18(17)27-2)28-11-19(25)23-15-5-3-14(21)4-6-15/h3-9H,11H2,1-2H3,(H,23,25). The minimum absolute atomic E-state index is 0.0534. The van der Waals surface area contributed by atoms with Crippen LogP contribution in [0.3, 0.4) is 0 Å². The van der Waals surface area contributed by atoms with Gasteiger partial charge in [0.15, 0.2) is 11.5 Å². The number of benzene rings is 2. The zero-order chi connectivity index (χ0) is 20.1. The molecular formula is C20H16FN3O3S. The maximum absolute atomic E-state index is 12.9. The summed E-state index contributed by atoms with van der Waals surface area (Å²) in [6.07, 6.45) is 0. The lowest BCUT2D eigenvalue weighted by atomic mass is 10.1. The highest BCUT2D eigenvalue weighted by Crippen LogP contribution is 2.33. The Labute approximate surface area is 165 Å². The third kappa shape index (κ3) is 4.32. The lowest BCUT2D eigenvalue weighted by molar-refractivity contribution is -0.113. The van der Waals surface area contributed by atoms with E-state index in [1.54, 1.807) is 18.2 Å². The predicted octanol–water partition coefficient (Wildman–Crippen LogP) is 3.99. The van der Waals surface area contributed by atoms with Crippen LogP contribution < -0.4 is 14.8 Å². The molecule has 0 fully saturated rings. The molecule has 28 heavy (non-hydrogen) atoms. The van der Waals surface area contributed by atoms with Gasteiger partial charge in [-0.2, -0.15) is 5.26 Å². The van der Waals surface area contributed by atoms with Crippen LogP contribution in [0.5, 0.6) is 11.5 Å². The van der Waals surface area contributed by atoms with Crippen molar-refractivity contribution in [2.24, 2.45) is 0 Å². The Hall–Kier alpha value is -3.31. The highest BCUT2D eigenvalue weighted by Gasteiger charge is 2.13. The van der Waals surface area contributed by atoms with Gasteiger partial charge in [0.25, 0.3) is 0 Å². The van der Waals surface area contributed by atoms with Crippen molar-refractivity contribution in [1.29, 1.82) is 5.26 Å². The van der Waals surface area contributed by atoms with E-state index in [1.165, 1.54) is 38.5 Å². The molecule has 0 bridgehead atoms. The fraction of sp³-hybridized carbons (Fsp3) is 0.150. The number of anilines is 1. The summed E-state index contributed by atoms with van der Waals surface area (Å²) in [4.78, 5) is 16.6. The zero-order valence-electron chi connectivity index (χ0n) is 15.2. The second-order valence-electron chi connectivity index (χ2n) is 5.70. The number of thioether (sulfide) groups is 1. The van der Waals surface area contributed by atoms with Crippen molar-refractivity contribution in [3.05, 3.63) is 53.8 Å². The van der Waals surface area contributed by atoms with Crippen molar-refractivity contribution in [2.75, 3.05) is 25.3 Å². The van der Waals surface area contributed by atoms with E-state index in [0.29, 0.717) is 33.3 Å². The van der Waals surface area contributed by atoms with Gasteiger partial charge in [-0.05, 0) is 36.4 Å². The van der Waals surface area contributed by atoms with Crippen molar-refractivity contribution in [3.8, 4) is 17.6 Å². The zero-order valence-corrected chi connectivity index (χ0v) is 16.0. The Balaban J connectivity index is 1.80. The van der Waals surface area contributed by atoms with E-state index in [-0.39, 0.29) is 17.5 Å². The molecule has 142 valence electrons. The molecule has 3 aromatic rings. The van der Waals surface area contributed by atoms with Gasteiger partial charge >= 0.3 is 0 Å². The first-order chi connectivity index (χ1) is 13.5. The number of ether oxygens (including phenoxy) is 2. The van der Waals surface area contributed by atoms with E-state index in [0.717, 1.165) is 17.1 Å². The largest absolute Gasteiger partial charge is 0.493 e. The van der Waals surface area contributed by atoms with Gasteiger partial charge in [-0.3, -0.25) is 4.79 Å². The molecular weight excluding hydrogens is 381 g/mol. The molecule has 6 nitrogen and oxygen atoms in total. The average Bonchev–Trinajstić information content (AvgIpc) is 2.72. The van der Waals surface area contributed by atoms with Gasteiger partial charge in [-0.25, -0.2) is 9.37 Å². The molecule has 0 spiro atoms. The predicted molar refractivity (Wildman–Crippen MR) is 105 cm³/mol. The SMILES string of the molecule is COc1cc2cc(C#N)c(SCC(=O)Nc3ccc(F)cc3)nc2cc1OC. The Kier molecular flexibility index (Phi) is 5.96. The van der Waals surface area contributed by atoms with E-state index in [2.05, 4.69) is 16.4 Å². The number of nitrogens with zero attached hydrogens (tertiary/aromatic N) is 2.